The maximum Gasteiger partial charge on any atom is 0.169 e. The Morgan fingerprint density at radius 2 is 1.40 bits per heavy atom. The van der Waals surface area contributed by atoms with Crippen LogP contribution in [0.3, 0.4) is 0 Å². The molecule has 0 saturated heterocycles. The molecule has 162 valence electrons. The fourth-order valence-corrected chi connectivity index (χ4v) is 3.56. The van der Waals surface area contributed by atoms with Gasteiger partial charge in [0, 0.05) is 18.4 Å². The molecule has 1 atom stereocenters. The number of hydrogen-bond donors (Lipinski definition) is 1. The molecule has 2 aliphatic heterocycles. The SMILES string of the molecule is CC(C)(C)c1ccc2c(c1)OCCC2=O.CC(C)(C)c1ccc2c(c1)OCCC2O. The molecule has 0 saturated carbocycles. The van der Waals surface area contributed by atoms with Crippen molar-refractivity contribution in [2.24, 2.45) is 0 Å². The summed E-state index contributed by atoms with van der Waals surface area (Å²) in [6.45, 7) is 14.1. The number of carbonyl (C=O) groups excluding carboxylic acids is 1. The van der Waals surface area contributed by atoms with Crippen LogP contribution in [0.25, 0.3) is 0 Å². The van der Waals surface area contributed by atoms with Gasteiger partial charge in [-0.3, -0.25) is 4.79 Å². The first-order valence-corrected chi connectivity index (χ1v) is 10.7. The molecule has 4 heteroatoms. The van der Waals surface area contributed by atoms with Crippen molar-refractivity contribution < 1.29 is 19.4 Å². The normalized spacial score (nSPS) is 18.2. The number of rotatable bonds is 0. The van der Waals surface area contributed by atoms with Gasteiger partial charge in [-0.15, -0.1) is 0 Å². The van der Waals surface area contributed by atoms with Crippen LogP contribution in [-0.2, 0) is 10.8 Å². The Labute approximate surface area is 180 Å². The van der Waals surface area contributed by atoms with E-state index in [9.17, 15) is 9.90 Å². The molecule has 4 rings (SSSR count). The molecule has 4 nitrogen and oxygen atoms in total. The van der Waals surface area contributed by atoms with Crippen LogP contribution in [0.1, 0.15) is 87.5 Å². The number of Topliss-reactive ketones (excluding diaryl/α,β-unsaturated/α-hetero) is 1. The summed E-state index contributed by atoms with van der Waals surface area (Å²) in [5.74, 6) is 1.79. The van der Waals surface area contributed by atoms with Crippen LogP contribution in [0.4, 0.5) is 0 Å². The van der Waals surface area contributed by atoms with E-state index in [0.29, 0.717) is 26.1 Å². The summed E-state index contributed by atoms with van der Waals surface area (Å²) in [4.78, 5) is 11.6. The molecule has 0 spiro atoms. The van der Waals surface area contributed by atoms with Crippen molar-refractivity contribution in [1.29, 1.82) is 0 Å². The largest absolute Gasteiger partial charge is 0.493 e. The predicted molar refractivity (Wildman–Crippen MR) is 120 cm³/mol. The highest BCUT2D eigenvalue weighted by atomic mass is 16.5. The highest BCUT2D eigenvalue weighted by molar-refractivity contribution is 5.99. The molecule has 1 N–H and O–H groups in total. The molecule has 2 aliphatic rings. The Bertz CT molecular complexity index is 916. The summed E-state index contributed by atoms with van der Waals surface area (Å²) < 4.78 is 11.1. The number of carbonyl (C=O) groups is 1. The molecular formula is C26H34O4. The van der Waals surface area contributed by atoms with Crippen molar-refractivity contribution in [3.63, 3.8) is 0 Å². The molecule has 1 unspecified atom stereocenters. The maximum atomic E-state index is 11.6. The third-order valence-electron chi connectivity index (χ3n) is 5.62. The Balaban J connectivity index is 0.000000171. The number of fused-ring (bicyclic) bond motifs is 2. The van der Waals surface area contributed by atoms with Gasteiger partial charge < -0.3 is 14.6 Å². The van der Waals surface area contributed by atoms with Crippen molar-refractivity contribution in [1.82, 2.24) is 0 Å². The maximum absolute atomic E-state index is 11.6. The van der Waals surface area contributed by atoms with E-state index in [1.54, 1.807) is 0 Å². The lowest BCUT2D eigenvalue weighted by molar-refractivity contribution is 0.0933. The molecule has 30 heavy (non-hydrogen) atoms. The molecule has 0 bridgehead atoms. The zero-order valence-electron chi connectivity index (χ0n) is 19.0. The van der Waals surface area contributed by atoms with Gasteiger partial charge in [-0.2, -0.15) is 0 Å². The molecular weight excluding hydrogens is 376 g/mol. The number of ether oxygens (including phenoxy) is 2. The number of benzene rings is 2. The van der Waals surface area contributed by atoms with Gasteiger partial charge in [-0.1, -0.05) is 59.7 Å². The lowest BCUT2D eigenvalue weighted by Gasteiger charge is -2.26. The monoisotopic (exact) mass is 410 g/mol. The van der Waals surface area contributed by atoms with E-state index in [0.717, 1.165) is 22.6 Å². The summed E-state index contributed by atoms with van der Waals surface area (Å²) in [5, 5.41) is 9.78. The molecule has 0 aliphatic carbocycles. The Hall–Kier alpha value is -2.33. The van der Waals surface area contributed by atoms with Crippen LogP contribution >= 0.6 is 0 Å². The van der Waals surface area contributed by atoms with Gasteiger partial charge >= 0.3 is 0 Å². The topological polar surface area (TPSA) is 55.8 Å². The first kappa shape index (κ1) is 22.4. The molecule has 0 radical (unpaired) electrons. The van der Waals surface area contributed by atoms with Crippen LogP contribution in [0.2, 0.25) is 0 Å². The van der Waals surface area contributed by atoms with Crippen LogP contribution in [0, 0.1) is 0 Å². The minimum atomic E-state index is -0.359. The smallest absolute Gasteiger partial charge is 0.169 e. The third-order valence-corrected chi connectivity index (χ3v) is 5.62. The van der Waals surface area contributed by atoms with Gasteiger partial charge in [0.15, 0.2) is 5.78 Å². The molecule has 2 aromatic rings. The van der Waals surface area contributed by atoms with E-state index >= 15 is 0 Å². The lowest BCUT2D eigenvalue weighted by Crippen LogP contribution is -2.17. The van der Waals surface area contributed by atoms with Gasteiger partial charge in [0.2, 0.25) is 0 Å². The van der Waals surface area contributed by atoms with Crippen LogP contribution in [0.5, 0.6) is 11.5 Å². The van der Waals surface area contributed by atoms with Crippen LogP contribution in [-0.4, -0.2) is 24.1 Å². The number of aliphatic hydroxyl groups is 1. The Kier molecular flexibility index (Phi) is 6.28. The van der Waals surface area contributed by atoms with E-state index in [4.69, 9.17) is 9.47 Å². The van der Waals surface area contributed by atoms with Gasteiger partial charge in [0.25, 0.3) is 0 Å². The average Bonchev–Trinajstić information content (AvgIpc) is 2.67. The summed E-state index contributed by atoms with van der Waals surface area (Å²) in [6, 6.07) is 12.0. The number of ketones is 1. The van der Waals surface area contributed by atoms with Crippen molar-refractivity contribution in [2.75, 3.05) is 13.2 Å². The average molecular weight is 411 g/mol. The fourth-order valence-electron chi connectivity index (χ4n) is 3.56. The van der Waals surface area contributed by atoms with E-state index < -0.39 is 0 Å². The van der Waals surface area contributed by atoms with E-state index in [1.165, 1.54) is 11.1 Å². The molecule has 2 heterocycles. The summed E-state index contributed by atoms with van der Waals surface area (Å²) >= 11 is 0. The minimum absolute atomic E-state index is 0.0961. The van der Waals surface area contributed by atoms with Crippen molar-refractivity contribution >= 4 is 5.78 Å². The molecule has 0 aromatic heterocycles. The summed E-state index contributed by atoms with van der Waals surface area (Å²) in [7, 11) is 0. The summed E-state index contributed by atoms with van der Waals surface area (Å²) in [5.41, 5.74) is 4.33. The predicted octanol–water partition coefficient (Wildman–Crippen LogP) is 5.75. The van der Waals surface area contributed by atoms with E-state index in [2.05, 4.69) is 53.7 Å². The standard InChI is InChI=1S/C13H18O2.C13H16O2/c2*1-13(2,3)9-4-5-10-11(14)6-7-15-12(10)8-9/h4-5,8,11,14H,6-7H2,1-3H3;4-5,8H,6-7H2,1-3H3. The molecule has 0 amide bonds. The van der Waals surface area contributed by atoms with Gasteiger partial charge in [-0.05, 0) is 40.2 Å². The Morgan fingerprint density at radius 1 is 0.833 bits per heavy atom. The highest BCUT2D eigenvalue weighted by Gasteiger charge is 2.23. The third kappa shape index (κ3) is 5.04. The first-order chi connectivity index (χ1) is 14.0. The first-order valence-electron chi connectivity index (χ1n) is 10.7. The van der Waals surface area contributed by atoms with Crippen LogP contribution < -0.4 is 9.47 Å². The second-order valence-electron chi connectivity index (χ2n) is 10.1. The van der Waals surface area contributed by atoms with Gasteiger partial charge in [-0.25, -0.2) is 0 Å². The van der Waals surface area contributed by atoms with Crippen molar-refractivity contribution in [2.45, 2.75) is 71.3 Å². The molecule has 2 aromatic carbocycles. The summed E-state index contributed by atoms with van der Waals surface area (Å²) in [6.07, 6.45) is 0.840. The van der Waals surface area contributed by atoms with Gasteiger partial charge in [0.05, 0.1) is 24.9 Å². The van der Waals surface area contributed by atoms with Gasteiger partial charge in [0.1, 0.15) is 11.5 Å². The number of hydrogen-bond acceptors (Lipinski definition) is 4. The number of aliphatic hydroxyl groups excluding tert-OH is 1. The highest BCUT2D eigenvalue weighted by Crippen LogP contribution is 2.35. The minimum Gasteiger partial charge on any atom is -0.493 e. The van der Waals surface area contributed by atoms with Crippen LogP contribution in [0.15, 0.2) is 36.4 Å². The molecule has 0 fully saturated rings. The van der Waals surface area contributed by atoms with E-state index in [1.807, 2.05) is 24.3 Å². The van der Waals surface area contributed by atoms with Crippen molar-refractivity contribution in [3.8, 4) is 11.5 Å². The zero-order valence-corrected chi connectivity index (χ0v) is 19.0. The zero-order chi connectivity index (χ0) is 22.1. The second-order valence-corrected chi connectivity index (χ2v) is 10.1. The fraction of sp³-hybridized carbons (Fsp3) is 0.500. The quantitative estimate of drug-likeness (QED) is 0.601. The lowest BCUT2D eigenvalue weighted by atomic mass is 9.85. The van der Waals surface area contributed by atoms with E-state index in [-0.39, 0.29) is 22.7 Å². The van der Waals surface area contributed by atoms with Crippen molar-refractivity contribution in [3.05, 3.63) is 58.7 Å². The second kappa shape index (κ2) is 8.43. The Morgan fingerprint density at radius 3 is 2.03 bits per heavy atom.